The molecule has 3 aromatic carbocycles. The molecule has 0 aromatic heterocycles. The Bertz CT molecular complexity index is 1170. The van der Waals surface area contributed by atoms with Gasteiger partial charge in [-0.15, -0.1) is 0 Å². The fourth-order valence-electron chi connectivity index (χ4n) is 3.93. The van der Waals surface area contributed by atoms with Crippen LogP contribution < -0.4 is 9.64 Å². The zero-order valence-corrected chi connectivity index (χ0v) is 18.6. The lowest BCUT2D eigenvalue weighted by Crippen LogP contribution is -2.35. The second-order valence-corrected chi connectivity index (χ2v) is 7.60. The smallest absolute Gasteiger partial charge is 0.282 e. The van der Waals surface area contributed by atoms with E-state index in [1.54, 1.807) is 24.3 Å². The van der Waals surface area contributed by atoms with Gasteiger partial charge in [-0.1, -0.05) is 42.5 Å². The average Bonchev–Trinajstić information content (AvgIpc) is 3.09. The topological polar surface area (TPSA) is 49.9 Å². The van der Waals surface area contributed by atoms with Gasteiger partial charge in [0, 0.05) is 13.1 Å². The van der Waals surface area contributed by atoms with E-state index in [9.17, 15) is 14.0 Å². The van der Waals surface area contributed by atoms with Crippen LogP contribution >= 0.6 is 0 Å². The molecule has 6 heteroatoms. The van der Waals surface area contributed by atoms with Crippen molar-refractivity contribution in [3.05, 3.63) is 102 Å². The number of hydrogen-bond acceptors (Lipinski definition) is 4. The van der Waals surface area contributed by atoms with Gasteiger partial charge >= 0.3 is 0 Å². The molecule has 3 aromatic rings. The summed E-state index contributed by atoms with van der Waals surface area (Å²) in [5.74, 6) is -0.581. The van der Waals surface area contributed by atoms with Crippen LogP contribution in [0, 0.1) is 5.82 Å². The Hall–Kier alpha value is -3.93. The van der Waals surface area contributed by atoms with Gasteiger partial charge in [0.15, 0.2) is 0 Å². The Balaban J connectivity index is 1.78. The summed E-state index contributed by atoms with van der Waals surface area (Å²) < 4.78 is 19.1. The number of ether oxygens (including phenoxy) is 1. The van der Waals surface area contributed by atoms with E-state index in [2.05, 4.69) is 0 Å². The molecule has 5 nitrogen and oxygen atoms in total. The van der Waals surface area contributed by atoms with E-state index in [4.69, 9.17) is 4.74 Å². The molecule has 4 rings (SSSR count). The number of amides is 2. The van der Waals surface area contributed by atoms with Crippen molar-refractivity contribution in [1.82, 2.24) is 4.90 Å². The van der Waals surface area contributed by atoms with Gasteiger partial charge in [-0.25, -0.2) is 9.29 Å². The quantitative estimate of drug-likeness (QED) is 0.457. The number of nitrogens with zero attached hydrogens (tertiary/aromatic N) is 2. The molecule has 0 spiro atoms. The molecule has 0 atom stereocenters. The molecule has 0 aliphatic carbocycles. The highest BCUT2D eigenvalue weighted by atomic mass is 19.1. The zero-order valence-electron chi connectivity index (χ0n) is 18.6. The van der Waals surface area contributed by atoms with E-state index < -0.39 is 17.6 Å². The van der Waals surface area contributed by atoms with Crippen LogP contribution in [-0.4, -0.2) is 29.9 Å². The molecule has 1 aliphatic heterocycles. The first-order valence-corrected chi connectivity index (χ1v) is 10.9. The van der Waals surface area contributed by atoms with Crippen LogP contribution in [0.25, 0.3) is 5.57 Å². The fraction of sp³-hybridized carbons (Fsp3) is 0.185. The lowest BCUT2D eigenvalue weighted by Gasteiger charge is -2.25. The second kappa shape index (κ2) is 9.69. The third kappa shape index (κ3) is 4.51. The normalized spacial score (nSPS) is 13.6. The van der Waals surface area contributed by atoms with Crippen molar-refractivity contribution in [1.29, 1.82) is 0 Å². The Morgan fingerprint density at radius 2 is 1.52 bits per heavy atom. The molecule has 2 amide bonds. The van der Waals surface area contributed by atoms with Crippen LogP contribution in [0.2, 0.25) is 0 Å². The number of carbonyl (C=O) groups is 2. The van der Waals surface area contributed by atoms with Crippen molar-refractivity contribution in [3.63, 3.8) is 0 Å². The van der Waals surface area contributed by atoms with Crippen LogP contribution in [0.1, 0.15) is 25.0 Å². The van der Waals surface area contributed by atoms with Gasteiger partial charge in [0.1, 0.15) is 17.3 Å². The molecule has 33 heavy (non-hydrogen) atoms. The molecule has 0 bridgehead atoms. The average molecular weight is 445 g/mol. The zero-order chi connectivity index (χ0) is 23.4. The van der Waals surface area contributed by atoms with Crippen molar-refractivity contribution in [3.8, 4) is 5.75 Å². The van der Waals surface area contributed by atoms with E-state index in [1.807, 2.05) is 49.1 Å². The number of halogens is 1. The minimum absolute atomic E-state index is 0.270. The second-order valence-electron chi connectivity index (χ2n) is 7.60. The standard InChI is InChI=1S/C27H25FN2O3/c1-3-29(18-19-8-6-5-7-9-19)25-24(20-10-12-21(28)13-11-20)26(31)30(27(25)32)22-14-16-23(17-15-22)33-4-2/h5-17H,3-4,18H2,1-2H3. The molecule has 0 N–H and O–H groups in total. The van der Waals surface area contributed by atoms with Crippen LogP contribution in [0.3, 0.4) is 0 Å². The Morgan fingerprint density at radius 3 is 2.12 bits per heavy atom. The van der Waals surface area contributed by atoms with Crippen molar-refractivity contribution < 1.29 is 18.7 Å². The predicted octanol–water partition coefficient (Wildman–Crippen LogP) is 5.03. The maximum Gasteiger partial charge on any atom is 0.282 e. The molecule has 0 saturated heterocycles. The minimum Gasteiger partial charge on any atom is -0.494 e. The number of rotatable bonds is 8. The molecular formula is C27H25FN2O3. The first-order chi connectivity index (χ1) is 16.0. The first-order valence-electron chi connectivity index (χ1n) is 10.9. The lowest BCUT2D eigenvalue weighted by atomic mass is 10.0. The summed E-state index contributed by atoms with van der Waals surface area (Å²) in [7, 11) is 0. The highest BCUT2D eigenvalue weighted by Crippen LogP contribution is 2.36. The first kappa shape index (κ1) is 22.3. The van der Waals surface area contributed by atoms with Crippen LogP contribution in [0.4, 0.5) is 10.1 Å². The summed E-state index contributed by atoms with van der Waals surface area (Å²) in [6.45, 7) is 5.33. The monoisotopic (exact) mass is 444 g/mol. The summed E-state index contributed by atoms with van der Waals surface area (Å²) in [6, 6.07) is 22.3. The molecule has 1 aliphatic rings. The fourth-order valence-corrected chi connectivity index (χ4v) is 3.93. The third-order valence-corrected chi connectivity index (χ3v) is 5.51. The maximum absolute atomic E-state index is 13.7. The summed E-state index contributed by atoms with van der Waals surface area (Å²) in [5, 5.41) is 0. The predicted molar refractivity (Wildman–Crippen MR) is 126 cm³/mol. The molecule has 0 saturated carbocycles. The number of hydrogen-bond donors (Lipinski definition) is 0. The third-order valence-electron chi connectivity index (χ3n) is 5.51. The van der Waals surface area contributed by atoms with Gasteiger partial charge in [-0.3, -0.25) is 9.59 Å². The molecule has 0 unspecified atom stereocenters. The van der Waals surface area contributed by atoms with Gasteiger partial charge in [0.2, 0.25) is 0 Å². The molecule has 168 valence electrons. The van der Waals surface area contributed by atoms with E-state index >= 15 is 0 Å². The Morgan fingerprint density at radius 1 is 0.848 bits per heavy atom. The van der Waals surface area contributed by atoms with Gasteiger partial charge in [-0.05, 0) is 61.4 Å². The van der Waals surface area contributed by atoms with E-state index in [0.29, 0.717) is 42.4 Å². The van der Waals surface area contributed by atoms with Gasteiger partial charge in [0.05, 0.1) is 17.9 Å². The molecule has 0 radical (unpaired) electrons. The maximum atomic E-state index is 13.7. The minimum atomic E-state index is -0.433. The van der Waals surface area contributed by atoms with Crippen molar-refractivity contribution in [2.45, 2.75) is 20.4 Å². The Kier molecular flexibility index (Phi) is 6.54. The Labute approximate surface area is 192 Å². The number of imide groups is 1. The summed E-state index contributed by atoms with van der Waals surface area (Å²) in [5.41, 5.74) is 2.56. The summed E-state index contributed by atoms with van der Waals surface area (Å²) in [6.07, 6.45) is 0. The highest BCUT2D eigenvalue weighted by Gasteiger charge is 2.42. The lowest BCUT2D eigenvalue weighted by molar-refractivity contribution is -0.120. The largest absolute Gasteiger partial charge is 0.494 e. The van der Waals surface area contributed by atoms with Gasteiger partial charge in [-0.2, -0.15) is 0 Å². The van der Waals surface area contributed by atoms with Crippen LogP contribution in [0.15, 0.2) is 84.6 Å². The van der Waals surface area contributed by atoms with E-state index in [1.165, 1.54) is 29.2 Å². The molecule has 0 fully saturated rings. The van der Waals surface area contributed by atoms with E-state index in [0.717, 1.165) is 5.56 Å². The van der Waals surface area contributed by atoms with Crippen molar-refractivity contribution in [2.75, 3.05) is 18.1 Å². The van der Waals surface area contributed by atoms with Crippen LogP contribution in [0.5, 0.6) is 5.75 Å². The number of likely N-dealkylation sites (N-methyl/N-ethyl adjacent to an activating group) is 1. The SMILES string of the molecule is CCOc1ccc(N2C(=O)C(c3ccc(F)cc3)=C(N(CC)Cc3ccccc3)C2=O)cc1. The van der Waals surface area contributed by atoms with Crippen molar-refractivity contribution >= 4 is 23.1 Å². The van der Waals surface area contributed by atoms with Gasteiger partial charge < -0.3 is 9.64 Å². The van der Waals surface area contributed by atoms with Crippen molar-refractivity contribution in [2.24, 2.45) is 0 Å². The number of carbonyl (C=O) groups excluding carboxylic acids is 2. The molecular weight excluding hydrogens is 419 g/mol. The summed E-state index contributed by atoms with van der Waals surface area (Å²) >= 11 is 0. The van der Waals surface area contributed by atoms with Crippen LogP contribution in [-0.2, 0) is 16.1 Å². The van der Waals surface area contributed by atoms with Gasteiger partial charge in [0.25, 0.3) is 11.8 Å². The van der Waals surface area contributed by atoms with E-state index in [-0.39, 0.29) is 5.57 Å². The summed E-state index contributed by atoms with van der Waals surface area (Å²) in [4.78, 5) is 30.3. The highest BCUT2D eigenvalue weighted by molar-refractivity contribution is 6.45. The number of anilines is 1. The number of benzene rings is 3. The molecule has 1 heterocycles.